The highest BCUT2D eigenvalue weighted by Crippen LogP contribution is 2.21. The van der Waals surface area contributed by atoms with Crippen molar-refractivity contribution in [2.75, 3.05) is 19.3 Å². The molecule has 1 atom stereocenters. The van der Waals surface area contributed by atoms with Gasteiger partial charge in [-0.1, -0.05) is 18.5 Å². The smallest absolute Gasteiger partial charge is 0.308 e. The molecular formula is C14H18ClNO3S. The molecular weight excluding hydrogens is 298 g/mol. The van der Waals surface area contributed by atoms with Gasteiger partial charge in [0.25, 0.3) is 0 Å². The van der Waals surface area contributed by atoms with Crippen LogP contribution in [0.3, 0.4) is 0 Å². The summed E-state index contributed by atoms with van der Waals surface area (Å²) >= 11 is 7.37. The third-order valence-corrected chi connectivity index (χ3v) is 4.06. The SMILES string of the molecule is CC(CN(C)C(=O)CCSc1ccc(Cl)cc1)C(=O)O. The summed E-state index contributed by atoms with van der Waals surface area (Å²) < 4.78 is 0. The molecule has 0 aliphatic rings. The van der Waals surface area contributed by atoms with Crippen LogP contribution in [-0.4, -0.2) is 41.2 Å². The van der Waals surface area contributed by atoms with Gasteiger partial charge in [0, 0.05) is 35.7 Å². The van der Waals surface area contributed by atoms with Gasteiger partial charge in [-0.3, -0.25) is 9.59 Å². The predicted octanol–water partition coefficient (Wildman–Crippen LogP) is 3.00. The number of carboxylic acids is 1. The standard InChI is InChI=1S/C14H18ClNO3S/c1-10(14(18)19)9-16(2)13(17)7-8-20-12-5-3-11(15)4-6-12/h3-6,10H,7-9H2,1-2H3,(H,18,19). The molecule has 0 heterocycles. The molecule has 1 N–H and O–H groups in total. The fourth-order valence-electron chi connectivity index (χ4n) is 1.57. The number of carbonyl (C=O) groups is 2. The van der Waals surface area contributed by atoms with Crippen LogP contribution < -0.4 is 0 Å². The van der Waals surface area contributed by atoms with Crippen molar-refractivity contribution in [3.63, 3.8) is 0 Å². The maximum Gasteiger partial charge on any atom is 0.308 e. The lowest BCUT2D eigenvalue weighted by atomic mass is 10.2. The summed E-state index contributed by atoms with van der Waals surface area (Å²) in [6, 6.07) is 7.44. The van der Waals surface area contributed by atoms with Crippen molar-refractivity contribution in [3.8, 4) is 0 Å². The van der Waals surface area contributed by atoms with Gasteiger partial charge >= 0.3 is 5.97 Å². The molecule has 1 rings (SSSR count). The Balaban J connectivity index is 2.32. The number of carboxylic acid groups (broad SMARTS) is 1. The average molecular weight is 316 g/mol. The third kappa shape index (κ3) is 5.84. The molecule has 0 bridgehead atoms. The Kier molecular flexibility index (Phi) is 6.88. The molecule has 0 fully saturated rings. The van der Waals surface area contributed by atoms with E-state index in [2.05, 4.69) is 0 Å². The number of halogens is 1. The van der Waals surface area contributed by atoms with E-state index in [0.717, 1.165) is 4.90 Å². The van der Waals surface area contributed by atoms with E-state index in [1.807, 2.05) is 24.3 Å². The second-order valence-electron chi connectivity index (χ2n) is 4.57. The molecule has 6 heteroatoms. The lowest BCUT2D eigenvalue weighted by Gasteiger charge is -2.19. The summed E-state index contributed by atoms with van der Waals surface area (Å²) in [6.45, 7) is 1.83. The van der Waals surface area contributed by atoms with Gasteiger partial charge in [0.15, 0.2) is 0 Å². The second-order valence-corrected chi connectivity index (χ2v) is 6.17. The normalized spacial score (nSPS) is 11.9. The van der Waals surface area contributed by atoms with Crippen LogP contribution in [0.4, 0.5) is 0 Å². The summed E-state index contributed by atoms with van der Waals surface area (Å²) in [5.41, 5.74) is 0. The monoisotopic (exact) mass is 315 g/mol. The first-order valence-corrected chi connectivity index (χ1v) is 7.61. The van der Waals surface area contributed by atoms with E-state index >= 15 is 0 Å². The third-order valence-electron chi connectivity index (χ3n) is 2.79. The number of carbonyl (C=O) groups excluding carboxylic acids is 1. The zero-order valence-electron chi connectivity index (χ0n) is 11.5. The number of hydrogen-bond donors (Lipinski definition) is 1. The summed E-state index contributed by atoms with van der Waals surface area (Å²) in [5.74, 6) is -0.820. The summed E-state index contributed by atoms with van der Waals surface area (Å²) in [7, 11) is 1.63. The minimum atomic E-state index is -0.889. The van der Waals surface area contributed by atoms with Crippen LogP contribution in [0.5, 0.6) is 0 Å². The van der Waals surface area contributed by atoms with Crippen LogP contribution in [-0.2, 0) is 9.59 Å². The average Bonchev–Trinajstić information content (AvgIpc) is 2.40. The molecule has 0 saturated carbocycles. The van der Waals surface area contributed by atoms with Crippen LogP contribution in [0.25, 0.3) is 0 Å². The van der Waals surface area contributed by atoms with Crippen LogP contribution in [0.15, 0.2) is 29.2 Å². The van der Waals surface area contributed by atoms with E-state index in [0.29, 0.717) is 17.2 Å². The number of rotatable bonds is 7. The molecule has 0 aliphatic heterocycles. The summed E-state index contributed by atoms with van der Waals surface area (Å²) in [5, 5.41) is 9.49. The highest BCUT2D eigenvalue weighted by Gasteiger charge is 2.16. The largest absolute Gasteiger partial charge is 0.481 e. The Bertz CT molecular complexity index is 464. The maximum absolute atomic E-state index is 11.8. The van der Waals surface area contributed by atoms with Crippen LogP contribution in [0.2, 0.25) is 5.02 Å². The molecule has 0 radical (unpaired) electrons. The molecule has 1 amide bonds. The Hall–Kier alpha value is -1.20. The van der Waals surface area contributed by atoms with Gasteiger partial charge in [0.1, 0.15) is 0 Å². The van der Waals surface area contributed by atoms with Crippen molar-refractivity contribution < 1.29 is 14.7 Å². The minimum absolute atomic E-state index is 0.0421. The Morgan fingerprint density at radius 1 is 1.35 bits per heavy atom. The molecule has 1 unspecified atom stereocenters. The molecule has 1 aromatic carbocycles. The molecule has 110 valence electrons. The van der Waals surface area contributed by atoms with Crippen molar-refractivity contribution >= 4 is 35.2 Å². The van der Waals surface area contributed by atoms with Gasteiger partial charge in [-0.25, -0.2) is 0 Å². The highest BCUT2D eigenvalue weighted by atomic mass is 35.5. The van der Waals surface area contributed by atoms with E-state index in [4.69, 9.17) is 16.7 Å². The lowest BCUT2D eigenvalue weighted by molar-refractivity contribution is -0.142. The Morgan fingerprint density at radius 3 is 2.50 bits per heavy atom. The number of nitrogens with zero attached hydrogens (tertiary/aromatic N) is 1. The molecule has 0 saturated heterocycles. The van der Waals surface area contributed by atoms with Gasteiger partial charge in [-0.15, -0.1) is 11.8 Å². The Morgan fingerprint density at radius 2 is 1.95 bits per heavy atom. The first kappa shape index (κ1) is 16.9. The number of aliphatic carboxylic acids is 1. The zero-order valence-corrected chi connectivity index (χ0v) is 13.1. The fourth-order valence-corrected chi connectivity index (χ4v) is 2.54. The Labute approximate surface area is 128 Å². The number of thioether (sulfide) groups is 1. The molecule has 0 spiro atoms. The van der Waals surface area contributed by atoms with Gasteiger partial charge in [-0.2, -0.15) is 0 Å². The van der Waals surface area contributed by atoms with Crippen molar-refractivity contribution in [2.45, 2.75) is 18.2 Å². The summed E-state index contributed by atoms with van der Waals surface area (Å²) in [6.07, 6.45) is 0.385. The molecule has 0 aromatic heterocycles. The number of hydrogen-bond acceptors (Lipinski definition) is 3. The van der Waals surface area contributed by atoms with Gasteiger partial charge in [-0.05, 0) is 24.3 Å². The van der Waals surface area contributed by atoms with E-state index in [1.54, 1.807) is 25.7 Å². The van der Waals surface area contributed by atoms with E-state index in [9.17, 15) is 9.59 Å². The van der Waals surface area contributed by atoms with Gasteiger partial charge in [0.05, 0.1) is 5.92 Å². The van der Waals surface area contributed by atoms with Gasteiger partial charge in [0.2, 0.25) is 5.91 Å². The predicted molar refractivity (Wildman–Crippen MR) is 81.2 cm³/mol. The van der Waals surface area contributed by atoms with Crippen LogP contribution in [0.1, 0.15) is 13.3 Å². The van der Waals surface area contributed by atoms with Crippen molar-refractivity contribution in [1.82, 2.24) is 4.90 Å². The van der Waals surface area contributed by atoms with Gasteiger partial charge < -0.3 is 10.0 Å². The first-order chi connectivity index (χ1) is 9.40. The summed E-state index contributed by atoms with van der Waals surface area (Å²) in [4.78, 5) is 25.1. The molecule has 20 heavy (non-hydrogen) atoms. The van der Waals surface area contributed by atoms with Crippen molar-refractivity contribution in [2.24, 2.45) is 5.92 Å². The first-order valence-electron chi connectivity index (χ1n) is 6.25. The molecule has 1 aromatic rings. The highest BCUT2D eigenvalue weighted by molar-refractivity contribution is 7.99. The van der Waals surface area contributed by atoms with E-state index in [-0.39, 0.29) is 12.5 Å². The van der Waals surface area contributed by atoms with Crippen LogP contribution in [0, 0.1) is 5.92 Å². The molecule has 0 aliphatic carbocycles. The van der Waals surface area contributed by atoms with Crippen LogP contribution >= 0.6 is 23.4 Å². The minimum Gasteiger partial charge on any atom is -0.481 e. The fraction of sp³-hybridized carbons (Fsp3) is 0.429. The molecule has 4 nitrogen and oxygen atoms in total. The lowest BCUT2D eigenvalue weighted by Crippen LogP contribution is -2.33. The van der Waals surface area contributed by atoms with E-state index < -0.39 is 11.9 Å². The van der Waals surface area contributed by atoms with Crippen molar-refractivity contribution in [1.29, 1.82) is 0 Å². The second kappa shape index (κ2) is 8.17. The quantitative estimate of drug-likeness (QED) is 0.786. The van der Waals surface area contributed by atoms with E-state index in [1.165, 1.54) is 4.90 Å². The number of amides is 1. The van der Waals surface area contributed by atoms with Crippen molar-refractivity contribution in [3.05, 3.63) is 29.3 Å². The number of benzene rings is 1. The topological polar surface area (TPSA) is 57.6 Å². The maximum atomic E-state index is 11.8. The zero-order chi connectivity index (χ0) is 15.1.